The van der Waals surface area contributed by atoms with Gasteiger partial charge in [-0.25, -0.2) is 9.78 Å². The van der Waals surface area contributed by atoms with Crippen molar-refractivity contribution >= 4 is 23.2 Å². The molecule has 0 radical (unpaired) electrons. The number of hydrogen-bond acceptors (Lipinski definition) is 7. The second-order valence-electron chi connectivity index (χ2n) is 5.86. The zero-order valence-electron chi connectivity index (χ0n) is 15.7. The number of nitrogens with one attached hydrogen (secondary N) is 1. The van der Waals surface area contributed by atoms with E-state index in [2.05, 4.69) is 15.3 Å². The van der Waals surface area contributed by atoms with E-state index in [1.54, 1.807) is 31.3 Å². The Morgan fingerprint density at radius 2 is 2.00 bits per heavy atom. The van der Waals surface area contributed by atoms with Gasteiger partial charge in [0.2, 0.25) is 0 Å². The van der Waals surface area contributed by atoms with Crippen molar-refractivity contribution in [1.82, 2.24) is 15.3 Å². The van der Waals surface area contributed by atoms with E-state index >= 15 is 0 Å². The number of hydrogen-bond donors (Lipinski definition) is 1. The van der Waals surface area contributed by atoms with Gasteiger partial charge in [-0.1, -0.05) is 12.1 Å². The first-order valence-electron chi connectivity index (χ1n) is 8.45. The molecular formula is C20H19N3O4S. The Bertz CT molecular complexity index is 1000. The molecule has 3 aromatic rings. The quantitative estimate of drug-likeness (QED) is 0.642. The highest BCUT2D eigenvalue weighted by molar-refractivity contribution is 7.17. The molecule has 8 heteroatoms. The first kappa shape index (κ1) is 19.5. The van der Waals surface area contributed by atoms with Gasteiger partial charge >= 0.3 is 5.97 Å². The summed E-state index contributed by atoms with van der Waals surface area (Å²) < 4.78 is 9.95. The Balaban J connectivity index is 1.74. The first-order valence-corrected chi connectivity index (χ1v) is 9.27. The highest BCUT2D eigenvalue weighted by atomic mass is 32.1. The van der Waals surface area contributed by atoms with Crippen molar-refractivity contribution in [2.75, 3.05) is 14.2 Å². The molecule has 0 aliphatic carbocycles. The second-order valence-corrected chi connectivity index (χ2v) is 6.86. The number of carbonyl (C=O) groups excluding carboxylic acids is 2. The number of ether oxygens (including phenoxy) is 2. The Hall–Kier alpha value is -3.26. The van der Waals surface area contributed by atoms with Gasteiger partial charge in [-0.15, -0.1) is 11.3 Å². The van der Waals surface area contributed by atoms with Crippen molar-refractivity contribution in [3.05, 3.63) is 64.3 Å². The molecular weight excluding hydrogens is 378 g/mol. The molecule has 7 nitrogen and oxygen atoms in total. The summed E-state index contributed by atoms with van der Waals surface area (Å²) in [6, 6.07) is 10.7. The number of aromatic nitrogens is 2. The summed E-state index contributed by atoms with van der Waals surface area (Å²) in [6.07, 6.45) is 1.69. The molecule has 0 atom stereocenters. The summed E-state index contributed by atoms with van der Waals surface area (Å²) in [4.78, 5) is 33.7. The third-order valence-electron chi connectivity index (χ3n) is 4.01. The fraction of sp³-hybridized carbons (Fsp3) is 0.200. The molecule has 0 saturated carbocycles. The van der Waals surface area contributed by atoms with Gasteiger partial charge in [-0.05, 0) is 36.8 Å². The van der Waals surface area contributed by atoms with Gasteiger partial charge in [0, 0.05) is 12.7 Å². The first-order chi connectivity index (χ1) is 13.5. The molecule has 3 rings (SSSR count). The molecule has 0 aliphatic rings. The van der Waals surface area contributed by atoms with Crippen LogP contribution < -0.4 is 10.1 Å². The Morgan fingerprint density at radius 1 is 1.18 bits per heavy atom. The number of pyridine rings is 1. The lowest BCUT2D eigenvalue weighted by molar-refractivity contribution is 0.0597. The van der Waals surface area contributed by atoms with E-state index in [0.717, 1.165) is 11.3 Å². The van der Waals surface area contributed by atoms with Gasteiger partial charge < -0.3 is 14.8 Å². The topological polar surface area (TPSA) is 90.4 Å². The molecule has 0 unspecified atom stereocenters. The molecule has 28 heavy (non-hydrogen) atoms. The van der Waals surface area contributed by atoms with Crippen LogP contribution in [0.25, 0.3) is 10.7 Å². The Labute approximate surface area is 166 Å². The summed E-state index contributed by atoms with van der Waals surface area (Å²) in [5, 5.41) is 3.56. The Kier molecular flexibility index (Phi) is 6.00. The maximum absolute atomic E-state index is 12.6. The second kappa shape index (κ2) is 8.62. The van der Waals surface area contributed by atoms with Gasteiger partial charge in [0.05, 0.1) is 25.6 Å². The molecule has 1 amide bonds. The van der Waals surface area contributed by atoms with E-state index in [-0.39, 0.29) is 12.5 Å². The molecule has 0 bridgehead atoms. The molecule has 2 aromatic heterocycles. The average molecular weight is 397 g/mol. The maximum atomic E-state index is 12.6. The number of aryl methyl sites for hydroxylation is 1. The molecule has 0 saturated heterocycles. The fourth-order valence-electron chi connectivity index (χ4n) is 2.60. The molecule has 0 fully saturated rings. The van der Waals surface area contributed by atoms with Gasteiger partial charge in [-0.3, -0.25) is 9.78 Å². The number of esters is 1. The van der Waals surface area contributed by atoms with Crippen LogP contribution in [-0.4, -0.2) is 36.1 Å². The van der Waals surface area contributed by atoms with Crippen LogP contribution in [0.3, 0.4) is 0 Å². The smallest absolute Gasteiger partial charge is 0.341 e. The zero-order valence-corrected chi connectivity index (χ0v) is 16.5. The number of amides is 1. The van der Waals surface area contributed by atoms with Crippen molar-refractivity contribution < 1.29 is 19.1 Å². The molecule has 1 N–H and O–H groups in total. The van der Waals surface area contributed by atoms with Crippen molar-refractivity contribution in [1.29, 1.82) is 0 Å². The third kappa shape index (κ3) is 4.17. The van der Waals surface area contributed by atoms with Crippen LogP contribution in [0.2, 0.25) is 0 Å². The molecule has 2 heterocycles. The van der Waals surface area contributed by atoms with E-state index < -0.39 is 5.97 Å². The van der Waals surface area contributed by atoms with Crippen molar-refractivity contribution in [2.45, 2.75) is 13.5 Å². The molecule has 1 aromatic carbocycles. The molecule has 144 valence electrons. The van der Waals surface area contributed by atoms with Gasteiger partial charge in [0.15, 0.2) is 0 Å². The number of benzene rings is 1. The van der Waals surface area contributed by atoms with Crippen molar-refractivity contribution in [3.63, 3.8) is 0 Å². The summed E-state index contributed by atoms with van der Waals surface area (Å²) in [5.74, 6) is -0.309. The van der Waals surface area contributed by atoms with Crippen LogP contribution >= 0.6 is 11.3 Å². The highest BCUT2D eigenvalue weighted by Gasteiger charge is 2.18. The summed E-state index contributed by atoms with van der Waals surface area (Å²) in [7, 11) is 2.79. The summed E-state index contributed by atoms with van der Waals surface area (Å²) in [5.41, 5.74) is 2.44. The average Bonchev–Trinajstić information content (AvgIpc) is 3.13. The van der Waals surface area contributed by atoms with E-state index in [1.165, 1.54) is 25.6 Å². The maximum Gasteiger partial charge on any atom is 0.341 e. The van der Waals surface area contributed by atoms with E-state index in [9.17, 15) is 9.59 Å². The standard InChI is InChI=1S/C20H19N3O4S/c1-12-17(28-19(23-12)15-6-4-5-9-21-15)18(24)22-11-13-7-8-16(26-2)14(10-13)20(25)27-3/h4-10H,11H2,1-3H3,(H,22,24). The van der Waals surface area contributed by atoms with E-state index in [4.69, 9.17) is 9.47 Å². The van der Waals surface area contributed by atoms with Gasteiger partial charge in [0.25, 0.3) is 5.91 Å². The number of nitrogens with zero attached hydrogens (tertiary/aromatic N) is 2. The van der Waals surface area contributed by atoms with E-state index in [0.29, 0.717) is 26.9 Å². The van der Waals surface area contributed by atoms with Crippen molar-refractivity contribution in [2.24, 2.45) is 0 Å². The highest BCUT2D eigenvalue weighted by Crippen LogP contribution is 2.26. The lowest BCUT2D eigenvalue weighted by atomic mass is 10.1. The number of thiazole rings is 1. The SMILES string of the molecule is COC(=O)c1cc(CNC(=O)c2sc(-c3ccccn3)nc2C)ccc1OC. The lowest BCUT2D eigenvalue weighted by Crippen LogP contribution is -2.22. The zero-order chi connectivity index (χ0) is 20.1. The number of carbonyl (C=O) groups is 2. The largest absolute Gasteiger partial charge is 0.496 e. The van der Waals surface area contributed by atoms with Crippen LogP contribution in [0.15, 0.2) is 42.6 Å². The van der Waals surface area contributed by atoms with Crippen molar-refractivity contribution in [3.8, 4) is 16.5 Å². The minimum absolute atomic E-state index is 0.229. The summed E-state index contributed by atoms with van der Waals surface area (Å²) >= 11 is 1.29. The minimum Gasteiger partial charge on any atom is -0.496 e. The lowest BCUT2D eigenvalue weighted by Gasteiger charge is -2.10. The van der Waals surface area contributed by atoms with Crippen LogP contribution in [0.5, 0.6) is 5.75 Å². The molecule has 0 spiro atoms. The third-order valence-corrected chi connectivity index (χ3v) is 5.19. The normalized spacial score (nSPS) is 10.4. The van der Waals surface area contributed by atoms with Crippen LogP contribution in [0.4, 0.5) is 0 Å². The number of rotatable bonds is 6. The monoisotopic (exact) mass is 397 g/mol. The predicted octanol–water partition coefficient (Wildman–Crippen LogP) is 3.24. The minimum atomic E-state index is -0.497. The van der Waals surface area contributed by atoms with Gasteiger partial charge in [-0.2, -0.15) is 0 Å². The van der Waals surface area contributed by atoms with Crippen LogP contribution in [0.1, 0.15) is 31.3 Å². The number of methoxy groups -OCH3 is 2. The predicted molar refractivity (Wildman–Crippen MR) is 106 cm³/mol. The molecule has 0 aliphatic heterocycles. The van der Waals surface area contributed by atoms with Crippen LogP contribution in [0, 0.1) is 6.92 Å². The fourth-order valence-corrected chi connectivity index (χ4v) is 3.56. The van der Waals surface area contributed by atoms with E-state index in [1.807, 2.05) is 18.2 Å². The Morgan fingerprint density at radius 3 is 2.68 bits per heavy atom. The van der Waals surface area contributed by atoms with Gasteiger partial charge in [0.1, 0.15) is 21.2 Å². The van der Waals surface area contributed by atoms with Crippen LogP contribution in [-0.2, 0) is 11.3 Å². The summed E-state index contributed by atoms with van der Waals surface area (Å²) in [6.45, 7) is 2.05.